The maximum atomic E-state index is 2.62. The first kappa shape index (κ1) is 15.4. The summed E-state index contributed by atoms with van der Waals surface area (Å²) in [5, 5.41) is 0. The first-order chi connectivity index (χ1) is 9.01. The summed E-state index contributed by atoms with van der Waals surface area (Å²) in [6, 6.07) is 0. The van der Waals surface area contributed by atoms with Crippen molar-refractivity contribution in [3.8, 4) is 0 Å². The summed E-state index contributed by atoms with van der Waals surface area (Å²) >= 11 is 0. The van der Waals surface area contributed by atoms with Crippen LogP contribution in [0.15, 0.2) is 0 Å². The van der Waals surface area contributed by atoms with E-state index in [2.05, 4.69) is 27.7 Å². The quantitative estimate of drug-likeness (QED) is 0.547. The fourth-order valence-corrected chi connectivity index (χ4v) is 5.22. The molecule has 0 amide bonds. The van der Waals surface area contributed by atoms with Crippen LogP contribution in [0, 0.1) is 29.1 Å². The molecule has 0 N–H and O–H groups in total. The van der Waals surface area contributed by atoms with Crippen LogP contribution in [0.1, 0.15) is 91.9 Å². The molecule has 0 radical (unpaired) electrons. The van der Waals surface area contributed by atoms with Crippen molar-refractivity contribution in [2.24, 2.45) is 29.1 Å². The highest BCUT2D eigenvalue weighted by Gasteiger charge is 2.42. The van der Waals surface area contributed by atoms with Crippen molar-refractivity contribution in [3.63, 3.8) is 0 Å². The van der Waals surface area contributed by atoms with Crippen molar-refractivity contribution in [1.29, 1.82) is 0 Å². The Bertz CT molecular complexity index is 257. The highest BCUT2D eigenvalue weighted by Crippen LogP contribution is 2.51. The van der Waals surface area contributed by atoms with Gasteiger partial charge in [-0.2, -0.15) is 0 Å². The van der Waals surface area contributed by atoms with E-state index in [1.165, 1.54) is 64.2 Å². The van der Waals surface area contributed by atoms with Crippen LogP contribution in [0.5, 0.6) is 0 Å². The second-order valence-corrected chi connectivity index (χ2v) is 8.44. The van der Waals surface area contributed by atoms with Crippen molar-refractivity contribution >= 4 is 0 Å². The average Bonchev–Trinajstić information content (AvgIpc) is 2.39. The molecular weight excluding hydrogens is 228 g/mol. The molecule has 2 aliphatic carbocycles. The van der Waals surface area contributed by atoms with Gasteiger partial charge in [-0.15, -0.1) is 0 Å². The van der Waals surface area contributed by atoms with E-state index in [0.717, 1.165) is 23.7 Å². The molecule has 2 unspecified atom stereocenters. The van der Waals surface area contributed by atoms with E-state index in [0.29, 0.717) is 5.41 Å². The number of rotatable bonds is 4. The van der Waals surface area contributed by atoms with E-state index >= 15 is 0 Å². The largest absolute Gasteiger partial charge is 0.0628 e. The summed E-state index contributed by atoms with van der Waals surface area (Å²) in [4.78, 5) is 0. The van der Waals surface area contributed by atoms with Gasteiger partial charge in [0.25, 0.3) is 0 Å². The standard InChI is InChI=1S/C19H36/c1-15(2)14-16-10-8-9-13-18(16)19(3,4)17-11-6-5-7-12-17/h15-18H,5-14H2,1-4H3. The predicted molar refractivity (Wildman–Crippen MR) is 85.3 cm³/mol. The van der Waals surface area contributed by atoms with Gasteiger partial charge < -0.3 is 0 Å². The molecular formula is C19H36. The maximum absolute atomic E-state index is 2.62. The van der Waals surface area contributed by atoms with Crippen LogP contribution in [0.3, 0.4) is 0 Å². The molecule has 0 aliphatic heterocycles. The number of hydrogen-bond donors (Lipinski definition) is 0. The normalized spacial score (nSPS) is 30.8. The topological polar surface area (TPSA) is 0 Å². The third-order valence-electron chi connectivity index (χ3n) is 6.30. The molecule has 2 rings (SSSR count). The van der Waals surface area contributed by atoms with Gasteiger partial charge in [0, 0.05) is 0 Å². The molecule has 2 atom stereocenters. The second-order valence-electron chi connectivity index (χ2n) is 8.44. The minimum absolute atomic E-state index is 0.598. The van der Waals surface area contributed by atoms with E-state index in [-0.39, 0.29) is 0 Å². The molecule has 2 aliphatic rings. The van der Waals surface area contributed by atoms with Crippen LogP contribution in [0.25, 0.3) is 0 Å². The minimum Gasteiger partial charge on any atom is -0.0628 e. The highest BCUT2D eigenvalue weighted by molar-refractivity contribution is 4.92. The highest BCUT2D eigenvalue weighted by atomic mass is 14.5. The summed E-state index contributed by atoms with van der Waals surface area (Å²) in [7, 11) is 0. The Morgan fingerprint density at radius 1 is 0.842 bits per heavy atom. The summed E-state index contributed by atoms with van der Waals surface area (Å²) < 4.78 is 0. The van der Waals surface area contributed by atoms with Gasteiger partial charge >= 0.3 is 0 Å². The smallest absolute Gasteiger partial charge is 0.0295 e. The molecule has 0 aromatic carbocycles. The fourth-order valence-electron chi connectivity index (χ4n) is 5.22. The zero-order valence-electron chi connectivity index (χ0n) is 13.9. The Balaban J connectivity index is 2.06. The van der Waals surface area contributed by atoms with Gasteiger partial charge in [0.2, 0.25) is 0 Å². The lowest BCUT2D eigenvalue weighted by Gasteiger charge is -2.48. The molecule has 19 heavy (non-hydrogen) atoms. The lowest BCUT2D eigenvalue weighted by molar-refractivity contribution is 0.0134. The molecule has 0 heterocycles. The molecule has 0 aromatic heterocycles. The van der Waals surface area contributed by atoms with Gasteiger partial charge in [0.1, 0.15) is 0 Å². The van der Waals surface area contributed by atoms with E-state index in [9.17, 15) is 0 Å². The van der Waals surface area contributed by atoms with Crippen LogP contribution in [-0.4, -0.2) is 0 Å². The first-order valence-electron chi connectivity index (χ1n) is 9.01. The predicted octanol–water partition coefficient (Wildman–Crippen LogP) is 6.45. The van der Waals surface area contributed by atoms with Crippen LogP contribution in [0.4, 0.5) is 0 Å². The molecule has 0 spiro atoms. The monoisotopic (exact) mass is 264 g/mol. The van der Waals surface area contributed by atoms with E-state index < -0.39 is 0 Å². The van der Waals surface area contributed by atoms with Gasteiger partial charge in [-0.05, 0) is 54.8 Å². The average molecular weight is 264 g/mol. The minimum atomic E-state index is 0.598. The molecule has 0 bridgehead atoms. The van der Waals surface area contributed by atoms with Crippen molar-refractivity contribution in [2.45, 2.75) is 91.9 Å². The van der Waals surface area contributed by atoms with Gasteiger partial charge in [-0.3, -0.25) is 0 Å². The zero-order chi connectivity index (χ0) is 13.9. The van der Waals surface area contributed by atoms with Crippen molar-refractivity contribution < 1.29 is 0 Å². The molecule has 0 nitrogen and oxygen atoms in total. The van der Waals surface area contributed by atoms with E-state index in [1.807, 2.05) is 0 Å². The Morgan fingerprint density at radius 3 is 2.05 bits per heavy atom. The van der Waals surface area contributed by atoms with E-state index in [1.54, 1.807) is 0 Å². The Kier molecular flexibility index (Phi) is 5.37. The third-order valence-corrected chi connectivity index (χ3v) is 6.30. The van der Waals surface area contributed by atoms with Gasteiger partial charge in [-0.1, -0.05) is 66.2 Å². The van der Waals surface area contributed by atoms with E-state index in [4.69, 9.17) is 0 Å². The maximum Gasteiger partial charge on any atom is -0.0295 e. The Labute approximate surface area is 121 Å². The first-order valence-corrected chi connectivity index (χ1v) is 9.01. The van der Waals surface area contributed by atoms with Crippen LogP contribution >= 0.6 is 0 Å². The van der Waals surface area contributed by atoms with Gasteiger partial charge in [0.15, 0.2) is 0 Å². The Hall–Kier alpha value is 0. The molecule has 112 valence electrons. The molecule has 0 saturated heterocycles. The summed E-state index contributed by atoms with van der Waals surface area (Å²) in [5.74, 6) is 3.92. The van der Waals surface area contributed by atoms with Crippen LogP contribution in [0.2, 0.25) is 0 Å². The molecule has 2 fully saturated rings. The van der Waals surface area contributed by atoms with Gasteiger partial charge in [0.05, 0.1) is 0 Å². The summed E-state index contributed by atoms with van der Waals surface area (Å²) in [6.07, 6.45) is 15.0. The van der Waals surface area contributed by atoms with Crippen LogP contribution in [-0.2, 0) is 0 Å². The molecule has 0 heteroatoms. The SMILES string of the molecule is CC(C)CC1CCCCC1C(C)(C)C1CCCCC1. The second kappa shape index (κ2) is 6.64. The zero-order valence-corrected chi connectivity index (χ0v) is 13.9. The van der Waals surface area contributed by atoms with Crippen molar-refractivity contribution in [2.75, 3.05) is 0 Å². The lowest BCUT2D eigenvalue weighted by atomic mass is 9.57. The summed E-state index contributed by atoms with van der Waals surface area (Å²) in [6.45, 7) is 10.1. The fraction of sp³-hybridized carbons (Fsp3) is 1.00. The molecule has 2 saturated carbocycles. The third kappa shape index (κ3) is 3.76. The Morgan fingerprint density at radius 2 is 1.42 bits per heavy atom. The lowest BCUT2D eigenvalue weighted by Crippen LogP contribution is -2.40. The molecule has 0 aromatic rings. The summed E-state index contributed by atoms with van der Waals surface area (Å²) in [5.41, 5.74) is 0.598. The van der Waals surface area contributed by atoms with Crippen molar-refractivity contribution in [1.82, 2.24) is 0 Å². The van der Waals surface area contributed by atoms with Crippen LogP contribution < -0.4 is 0 Å². The number of hydrogen-bond acceptors (Lipinski definition) is 0. The van der Waals surface area contributed by atoms with Gasteiger partial charge in [-0.25, -0.2) is 0 Å². The van der Waals surface area contributed by atoms with Crippen molar-refractivity contribution in [3.05, 3.63) is 0 Å².